The molecule has 0 aliphatic carbocycles. The second-order valence-corrected chi connectivity index (χ2v) is 5.88. The lowest BCUT2D eigenvalue weighted by molar-refractivity contribution is 0.0364. The Labute approximate surface area is 131 Å². The predicted molar refractivity (Wildman–Crippen MR) is 86.0 cm³/mol. The van der Waals surface area contributed by atoms with Gasteiger partial charge in [0, 0.05) is 19.1 Å². The molecule has 0 saturated carbocycles. The van der Waals surface area contributed by atoms with Crippen molar-refractivity contribution in [3.05, 3.63) is 71.3 Å². The number of nitriles is 1. The van der Waals surface area contributed by atoms with Crippen molar-refractivity contribution in [1.29, 1.82) is 5.26 Å². The summed E-state index contributed by atoms with van der Waals surface area (Å²) in [7, 11) is 0. The Morgan fingerprint density at radius 1 is 1.09 bits per heavy atom. The summed E-state index contributed by atoms with van der Waals surface area (Å²) < 4.78 is 0. The van der Waals surface area contributed by atoms with Crippen LogP contribution >= 0.6 is 0 Å². The van der Waals surface area contributed by atoms with E-state index in [1.165, 1.54) is 11.1 Å². The second kappa shape index (κ2) is 6.74. The minimum absolute atomic E-state index is 0.220. The number of hydrogen-bond donors (Lipinski definition) is 1. The Hall–Kier alpha value is -2.15. The molecule has 0 amide bonds. The van der Waals surface area contributed by atoms with Gasteiger partial charge in [0.1, 0.15) is 0 Å². The first kappa shape index (κ1) is 14.8. The fraction of sp³-hybridized carbons (Fsp3) is 0.316. The summed E-state index contributed by atoms with van der Waals surface area (Å²) in [5.41, 5.74) is 3.16. The second-order valence-electron chi connectivity index (χ2n) is 5.88. The maximum absolute atomic E-state index is 10.0. The van der Waals surface area contributed by atoms with E-state index in [0.29, 0.717) is 5.56 Å². The minimum Gasteiger partial charge on any atom is -0.393 e. The van der Waals surface area contributed by atoms with Crippen molar-refractivity contribution >= 4 is 0 Å². The molecule has 1 N–H and O–H groups in total. The largest absolute Gasteiger partial charge is 0.393 e. The third kappa shape index (κ3) is 3.36. The molecule has 0 radical (unpaired) electrons. The first-order chi connectivity index (χ1) is 10.8. The van der Waals surface area contributed by atoms with E-state index in [1.54, 1.807) is 0 Å². The molecule has 3 rings (SSSR count). The molecule has 22 heavy (non-hydrogen) atoms. The molecule has 2 unspecified atom stereocenters. The number of piperidine rings is 1. The van der Waals surface area contributed by atoms with E-state index in [9.17, 15) is 5.11 Å². The van der Waals surface area contributed by atoms with Crippen LogP contribution in [0.2, 0.25) is 0 Å². The fourth-order valence-corrected chi connectivity index (χ4v) is 3.13. The highest BCUT2D eigenvalue weighted by Gasteiger charge is 2.28. The Morgan fingerprint density at radius 3 is 2.50 bits per heavy atom. The first-order valence-corrected chi connectivity index (χ1v) is 7.72. The first-order valence-electron chi connectivity index (χ1n) is 7.72. The van der Waals surface area contributed by atoms with Crippen molar-refractivity contribution in [3.8, 4) is 6.07 Å². The summed E-state index contributed by atoms with van der Waals surface area (Å²) in [6, 6.07) is 20.6. The van der Waals surface area contributed by atoms with Gasteiger partial charge in [0.05, 0.1) is 17.7 Å². The van der Waals surface area contributed by atoms with E-state index in [4.69, 9.17) is 5.26 Å². The van der Waals surface area contributed by atoms with Crippen molar-refractivity contribution in [1.82, 2.24) is 4.90 Å². The molecule has 0 aromatic heterocycles. The van der Waals surface area contributed by atoms with E-state index >= 15 is 0 Å². The van der Waals surface area contributed by atoms with E-state index in [0.717, 1.165) is 25.9 Å². The van der Waals surface area contributed by atoms with Crippen LogP contribution in [0, 0.1) is 11.3 Å². The molecule has 2 aromatic rings. The van der Waals surface area contributed by atoms with Crippen molar-refractivity contribution in [3.63, 3.8) is 0 Å². The SMILES string of the molecule is N#Cc1ccc(CN2CCC(O)CC2c2ccccc2)cc1. The molecule has 2 aromatic carbocycles. The van der Waals surface area contributed by atoms with Crippen LogP contribution in [-0.4, -0.2) is 22.7 Å². The van der Waals surface area contributed by atoms with Crippen LogP contribution in [-0.2, 0) is 6.54 Å². The van der Waals surface area contributed by atoms with E-state index in [2.05, 4.69) is 35.2 Å². The zero-order chi connectivity index (χ0) is 15.4. The molecule has 112 valence electrons. The Kier molecular flexibility index (Phi) is 4.53. The van der Waals surface area contributed by atoms with Gasteiger partial charge < -0.3 is 5.11 Å². The van der Waals surface area contributed by atoms with Crippen LogP contribution in [0.5, 0.6) is 0 Å². The lowest BCUT2D eigenvalue weighted by atomic mass is 9.93. The molecule has 1 heterocycles. The molecule has 1 fully saturated rings. The minimum atomic E-state index is -0.220. The molecule has 2 atom stereocenters. The Bertz CT molecular complexity index is 645. The van der Waals surface area contributed by atoms with Crippen LogP contribution in [0.15, 0.2) is 54.6 Å². The summed E-state index contributed by atoms with van der Waals surface area (Å²) in [5.74, 6) is 0. The highest BCUT2D eigenvalue weighted by Crippen LogP contribution is 2.32. The van der Waals surface area contributed by atoms with Crippen LogP contribution in [0.25, 0.3) is 0 Å². The average molecular weight is 292 g/mol. The van der Waals surface area contributed by atoms with E-state index < -0.39 is 0 Å². The quantitative estimate of drug-likeness (QED) is 0.944. The van der Waals surface area contributed by atoms with Gasteiger partial charge in [-0.15, -0.1) is 0 Å². The topological polar surface area (TPSA) is 47.3 Å². The number of rotatable bonds is 3. The van der Waals surface area contributed by atoms with Crippen LogP contribution in [0.1, 0.15) is 35.6 Å². The molecular weight excluding hydrogens is 272 g/mol. The van der Waals surface area contributed by atoms with Gasteiger partial charge in [-0.05, 0) is 36.1 Å². The third-order valence-electron chi connectivity index (χ3n) is 4.34. The number of nitrogens with zero attached hydrogens (tertiary/aromatic N) is 2. The molecule has 1 aliphatic heterocycles. The number of benzene rings is 2. The molecule has 1 aliphatic rings. The zero-order valence-electron chi connectivity index (χ0n) is 12.5. The fourth-order valence-electron chi connectivity index (χ4n) is 3.13. The van der Waals surface area contributed by atoms with Crippen molar-refractivity contribution in [2.24, 2.45) is 0 Å². The Balaban J connectivity index is 1.79. The van der Waals surface area contributed by atoms with Crippen LogP contribution in [0.3, 0.4) is 0 Å². The van der Waals surface area contributed by atoms with Crippen molar-refractivity contribution in [2.45, 2.75) is 31.5 Å². The summed E-state index contributed by atoms with van der Waals surface area (Å²) >= 11 is 0. The molecule has 3 nitrogen and oxygen atoms in total. The summed E-state index contributed by atoms with van der Waals surface area (Å²) in [6.45, 7) is 1.73. The Morgan fingerprint density at radius 2 is 1.82 bits per heavy atom. The van der Waals surface area contributed by atoms with Gasteiger partial charge in [-0.1, -0.05) is 42.5 Å². The normalized spacial score (nSPS) is 22.2. The zero-order valence-corrected chi connectivity index (χ0v) is 12.5. The monoisotopic (exact) mass is 292 g/mol. The maximum Gasteiger partial charge on any atom is 0.0991 e. The van der Waals surface area contributed by atoms with E-state index in [1.807, 2.05) is 30.3 Å². The van der Waals surface area contributed by atoms with Gasteiger partial charge in [-0.25, -0.2) is 0 Å². The van der Waals surface area contributed by atoms with Gasteiger partial charge in [0.2, 0.25) is 0 Å². The van der Waals surface area contributed by atoms with Gasteiger partial charge in [0.15, 0.2) is 0 Å². The molecule has 0 spiro atoms. The van der Waals surface area contributed by atoms with Gasteiger partial charge >= 0.3 is 0 Å². The smallest absolute Gasteiger partial charge is 0.0991 e. The maximum atomic E-state index is 10.0. The van der Waals surface area contributed by atoms with Crippen molar-refractivity contribution < 1.29 is 5.11 Å². The standard InChI is InChI=1S/C19H20N2O/c20-13-15-6-8-16(9-7-15)14-21-11-10-18(22)12-19(21)17-4-2-1-3-5-17/h1-9,18-19,22H,10-12,14H2. The average Bonchev–Trinajstić information content (AvgIpc) is 2.58. The highest BCUT2D eigenvalue weighted by molar-refractivity contribution is 5.31. The lowest BCUT2D eigenvalue weighted by Crippen LogP contribution is -2.38. The number of aliphatic hydroxyl groups is 1. The number of aliphatic hydroxyl groups excluding tert-OH is 1. The van der Waals surface area contributed by atoms with Gasteiger partial charge in [-0.3, -0.25) is 4.90 Å². The number of likely N-dealkylation sites (tertiary alicyclic amines) is 1. The summed E-state index contributed by atoms with van der Waals surface area (Å²) in [5, 5.41) is 18.9. The molecule has 0 bridgehead atoms. The van der Waals surface area contributed by atoms with Crippen molar-refractivity contribution in [2.75, 3.05) is 6.54 Å². The van der Waals surface area contributed by atoms with Crippen LogP contribution < -0.4 is 0 Å². The molecule has 1 saturated heterocycles. The highest BCUT2D eigenvalue weighted by atomic mass is 16.3. The van der Waals surface area contributed by atoms with E-state index in [-0.39, 0.29) is 12.1 Å². The number of hydrogen-bond acceptors (Lipinski definition) is 3. The predicted octanol–water partition coefficient (Wildman–Crippen LogP) is 3.26. The summed E-state index contributed by atoms with van der Waals surface area (Å²) in [4.78, 5) is 2.42. The summed E-state index contributed by atoms with van der Waals surface area (Å²) in [6.07, 6.45) is 1.38. The van der Waals surface area contributed by atoms with Gasteiger partial charge in [-0.2, -0.15) is 5.26 Å². The lowest BCUT2D eigenvalue weighted by Gasteiger charge is -2.38. The molecule has 3 heteroatoms. The van der Waals surface area contributed by atoms with Crippen LogP contribution in [0.4, 0.5) is 0 Å². The van der Waals surface area contributed by atoms with Gasteiger partial charge in [0.25, 0.3) is 0 Å². The third-order valence-corrected chi connectivity index (χ3v) is 4.34. The molecular formula is C19H20N2O.